The number of aryl methyl sites for hydroxylation is 2. The summed E-state index contributed by atoms with van der Waals surface area (Å²) in [6.07, 6.45) is 0. The average Bonchev–Trinajstić information content (AvgIpc) is 2.94. The molecular formula is C22H23N3O3. The Morgan fingerprint density at radius 2 is 1.79 bits per heavy atom. The van der Waals surface area contributed by atoms with E-state index in [1.54, 1.807) is 18.2 Å². The standard InChI is InChI=1S/C22H23N3O3/c1-13-4-5-14(2)19(10-13)25-21(27)17-7-6-16(11-18(17)22(25)28)20(26)24-9-8-23-12-15(24)3/h4-7,10-11,15,23H,8-9,12H2,1-3H3/t15-/m1/s1. The number of fused-ring (bicyclic) bond motifs is 1. The summed E-state index contributed by atoms with van der Waals surface area (Å²) < 4.78 is 0. The molecule has 4 rings (SSSR count). The predicted octanol–water partition coefficient (Wildman–Crippen LogP) is 2.54. The fraction of sp³-hybridized carbons (Fsp3) is 0.318. The number of imide groups is 1. The number of anilines is 1. The highest BCUT2D eigenvalue weighted by Crippen LogP contribution is 2.32. The van der Waals surface area contributed by atoms with Gasteiger partial charge in [-0.3, -0.25) is 14.4 Å². The molecule has 0 unspecified atom stereocenters. The van der Waals surface area contributed by atoms with Gasteiger partial charge in [-0.2, -0.15) is 0 Å². The van der Waals surface area contributed by atoms with E-state index in [2.05, 4.69) is 5.32 Å². The van der Waals surface area contributed by atoms with Gasteiger partial charge in [-0.05, 0) is 56.2 Å². The Bertz CT molecular complexity index is 999. The molecule has 6 heteroatoms. The molecule has 1 saturated heterocycles. The van der Waals surface area contributed by atoms with Crippen LogP contribution < -0.4 is 10.2 Å². The van der Waals surface area contributed by atoms with Crippen molar-refractivity contribution >= 4 is 23.4 Å². The van der Waals surface area contributed by atoms with Crippen LogP contribution in [0.25, 0.3) is 0 Å². The Kier molecular flexibility index (Phi) is 4.51. The van der Waals surface area contributed by atoms with Crippen molar-refractivity contribution in [2.75, 3.05) is 24.5 Å². The molecule has 144 valence electrons. The molecule has 0 aromatic heterocycles. The maximum absolute atomic E-state index is 13.1. The van der Waals surface area contributed by atoms with Crippen LogP contribution in [0.4, 0.5) is 5.69 Å². The van der Waals surface area contributed by atoms with Crippen molar-refractivity contribution in [2.24, 2.45) is 0 Å². The normalized spacial score (nSPS) is 19.2. The summed E-state index contributed by atoms with van der Waals surface area (Å²) in [6.45, 7) is 7.91. The quantitative estimate of drug-likeness (QED) is 0.817. The fourth-order valence-corrected chi connectivity index (χ4v) is 3.86. The van der Waals surface area contributed by atoms with Gasteiger partial charge in [0.25, 0.3) is 17.7 Å². The lowest BCUT2D eigenvalue weighted by molar-refractivity contribution is 0.0655. The minimum atomic E-state index is -0.378. The number of rotatable bonds is 2. The Balaban J connectivity index is 1.69. The van der Waals surface area contributed by atoms with E-state index in [4.69, 9.17) is 0 Å². The van der Waals surface area contributed by atoms with Gasteiger partial charge in [-0.15, -0.1) is 0 Å². The van der Waals surface area contributed by atoms with E-state index in [0.29, 0.717) is 28.9 Å². The number of amides is 3. The van der Waals surface area contributed by atoms with Crippen LogP contribution in [0.5, 0.6) is 0 Å². The highest BCUT2D eigenvalue weighted by molar-refractivity contribution is 6.35. The summed E-state index contributed by atoms with van der Waals surface area (Å²) in [5.41, 5.74) is 3.49. The van der Waals surface area contributed by atoms with E-state index in [0.717, 1.165) is 24.2 Å². The van der Waals surface area contributed by atoms with E-state index < -0.39 is 0 Å². The van der Waals surface area contributed by atoms with Crippen molar-refractivity contribution in [3.8, 4) is 0 Å². The first-order chi connectivity index (χ1) is 13.4. The molecule has 28 heavy (non-hydrogen) atoms. The minimum Gasteiger partial charge on any atom is -0.333 e. The van der Waals surface area contributed by atoms with Crippen LogP contribution in [0.1, 0.15) is 49.1 Å². The largest absolute Gasteiger partial charge is 0.333 e. The number of benzene rings is 2. The molecule has 6 nitrogen and oxygen atoms in total. The molecule has 0 aliphatic carbocycles. The number of hydrogen-bond donors (Lipinski definition) is 1. The van der Waals surface area contributed by atoms with Gasteiger partial charge in [0, 0.05) is 31.2 Å². The third-order valence-corrected chi connectivity index (χ3v) is 5.50. The van der Waals surface area contributed by atoms with E-state index in [-0.39, 0.29) is 23.8 Å². The van der Waals surface area contributed by atoms with E-state index >= 15 is 0 Å². The molecule has 1 fully saturated rings. The van der Waals surface area contributed by atoms with Crippen LogP contribution in [-0.2, 0) is 0 Å². The fourth-order valence-electron chi connectivity index (χ4n) is 3.86. The zero-order chi connectivity index (χ0) is 20.0. The van der Waals surface area contributed by atoms with Gasteiger partial charge in [0.1, 0.15) is 0 Å². The molecule has 2 aliphatic heterocycles. The topological polar surface area (TPSA) is 69.7 Å². The number of nitrogens with one attached hydrogen (secondary N) is 1. The molecule has 0 saturated carbocycles. The molecule has 0 radical (unpaired) electrons. The summed E-state index contributed by atoms with van der Waals surface area (Å²) in [4.78, 5) is 41.9. The zero-order valence-corrected chi connectivity index (χ0v) is 16.3. The van der Waals surface area contributed by atoms with Gasteiger partial charge >= 0.3 is 0 Å². The van der Waals surface area contributed by atoms with E-state index in [9.17, 15) is 14.4 Å². The third kappa shape index (κ3) is 2.90. The monoisotopic (exact) mass is 377 g/mol. The maximum Gasteiger partial charge on any atom is 0.266 e. The number of carbonyl (C=O) groups excluding carboxylic acids is 3. The molecule has 1 atom stereocenters. The van der Waals surface area contributed by atoms with Crippen molar-refractivity contribution in [2.45, 2.75) is 26.8 Å². The Morgan fingerprint density at radius 3 is 2.54 bits per heavy atom. The summed E-state index contributed by atoms with van der Waals surface area (Å²) >= 11 is 0. The molecule has 2 aromatic rings. The number of carbonyl (C=O) groups is 3. The predicted molar refractivity (Wildman–Crippen MR) is 107 cm³/mol. The summed E-state index contributed by atoms with van der Waals surface area (Å²) in [7, 11) is 0. The van der Waals surface area contributed by atoms with Crippen LogP contribution >= 0.6 is 0 Å². The first-order valence-electron chi connectivity index (χ1n) is 9.50. The van der Waals surface area contributed by atoms with Crippen LogP contribution in [0.15, 0.2) is 36.4 Å². The highest BCUT2D eigenvalue weighted by atomic mass is 16.2. The van der Waals surface area contributed by atoms with Crippen molar-refractivity contribution in [1.29, 1.82) is 0 Å². The molecule has 2 heterocycles. The molecule has 3 amide bonds. The SMILES string of the molecule is Cc1ccc(C)c(N2C(=O)c3ccc(C(=O)N4CCNC[C@H]4C)cc3C2=O)c1. The van der Waals surface area contributed by atoms with Crippen LogP contribution in [-0.4, -0.2) is 48.3 Å². The molecular weight excluding hydrogens is 354 g/mol. The van der Waals surface area contributed by atoms with Gasteiger partial charge in [0.15, 0.2) is 0 Å². The second-order valence-electron chi connectivity index (χ2n) is 7.55. The van der Waals surface area contributed by atoms with E-state index in [1.807, 2.05) is 43.9 Å². The zero-order valence-electron chi connectivity index (χ0n) is 16.3. The van der Waals surface area contributed by atoms with E-state index in [1.165, 1.54) is 4.90 Å². The molecule has 2 aromatic carbocycles. The molecule has 0 bridgehead atoms. The van der Waals surface area contributed by atoms with Gasteiger partial charge in [-0.25, -0.2) is 4.90 Å². The van der Waals surface area contributed by atoms with Gasteiger partial charge < -0.3 is 10.2 Å². The Morgan fingerprint density at radius 1 is 1.04 bits per heavy atom. The second-order valence-corrected chi connectivity index (χ2v) is 7.55. The van der Waals surface area contributed by atoms with Crippen molar-refractivity contribution < 1.29 is 14.4 Å². The van der Waals surface area contributed by atoms with Crippen molar-refractivity contribution in [3.05, 3.63) is 64.2 Å². The van der Waals surface area contributed by atoms with Crippen molar-refractivity contribution in [3.63, 3.8) is 0 Å². The minimum absolute atomic E-state index is 0.0817. The molecule has 0 spiro atoms. The van der Waals surface area contributed by atoms with Gasteiger partial charge in [0.05, 0.1) is 16.8 Å². The van der Waals surface area contributed by atoms with Crippen molar-refractivity contribution in [1.82, 2.24) is 10.2 Å². The lowest BCUT2D eigenvalue weighted by Gasteiger charge is -2.34. The second kappa shape index (κ2) is 6.87. The first-order valence-corrected chi connectivity index (χ1v) is 9.50. The summed E-state index contributed by atoms with van der Waals surface area (Å²) in [5.74, 6) is -0.831. The smallest absolute Gasteiger partial charge is 0.266 e. The van der Waals surface area contributed by atoms with Gasteiger partial charge in [-0.1, -0.05) is 12.1 Å². The Labute approximate surface area is 164 Å². The summed E-state index contributed by atoms with van der Waals surface area (Å²) in [6, 6.07) is 10.6. The highest BCUT2D eigenvalue weighted by Gasteiger charge is 2.38. The summed E-state index contributed by atoms with van der Waals surface area (Å²) in [5, 5.41) is 3.26. The molecule has 2 aliphatic rings. The van der Waals surface area contributed by atoms with Gasteiger partial charge in [0.2, 0.25) is 0 Å². The number of piperazine rings is 1. The third-order valence-electron chi connectivity index (χ3n) is 5.50. The molecule has 1 N–H and O–H groups in total. The maximum atomic E-state index is 13.1. The first kappa shape index (κ1) is 18.4. The Hall–Kier alpha value is -2.99. The van der Waals surface area contributed by atoms with Crippen LogP contribution in [0, 0.1) is 13.8 Å². The lowest BCUT2D eigenvalue weighted by Crippen LogP contribution is -2.52. The van der Waals surface area contributed by atoms with Crippen LogP contribution in [0.3, 0.4) is 0 Å². The average molecular weight is 377 g/mol. The van der Waals surface area contributed by atoms with Crippen LogP contribution in [0.2, 0.25) is 0 Å². The number of nitrogens with zero attached hydrogens (tertiary/aromatic N) is 2. The lowest BCUT2D eigenvalue weighted by atomic mass is 10.0. The number of hydrogen-bond acceptors (Lipinski definition) is 4.